The Kier molecular flexibility index (Phi) is 1.96. The second-order valence-electron chi connectivity index (χ2n) is 3.86. The van der Waals surface area contributed by atoms with Crippen molar-refractivity contribution in [3.63, 3.8) is 0 Å². The lowest BCUT2D eigenvalue weighted by molar-refractivity contribution is 0.0889. The highest BCUT2D eigenvalue weighted by atomic mass is 79.9. The topological polar surface area (TPSA) is 22.0 Å². The molecule has 2 nitrogen and oxygen atoms in total. The average molecular weight is 264 g/mol. The number of halogens is 1. The van der Waals surface area contributed by atoms with Crippen LogP contribution in [-0.2, 0) is 6.42 Å². The van der Waals surface area contributed by atoms with E-state index in [9.17, 15) is 4.79 Å². The Labute approximate surface area is 96.0 Å². The first-order chi connectivity index (χ1) is 7.29. The first-order valence-corrected chi connectivity index (χ1v) is 5.89. The Balaban J connectivity index is 2.46. The van der Waals surface area contributed by atoms with Gasteiger partial charge in [0.15, 0.2) is 0 Å². The van der Waals surface area contributed by atoms with Gasteiger partial charge in [0.25, 0.3) is 0 Å². The molecule has 2 aromatic rings. The second kappa shape index (κ2) is 3.20. The van der Waals surface area contributed by atoms with E-state index in [2.05, 4.69) is 22.0 Å². The quantitative estimate of drug-likeness (QED) is 0.715. The summed E-state index contributed by atoms with van der Waals surface area (Å²) in [7, 11) is 0. The predicted octanol–water partition coefficient (Wildman–Crippen LogP) is 3.38. The van der Waals surface area contributed by atoms with Crippen molar-refractivity contribution in [2.75, 3.05) is 0 Å². The standard InChI is InChI=1S/C12H10BrNO/c13-12-8-4-1-2-5-9(8)14-10(12)6-3-7-11(14)15/h1-2,4-5H,3,6-7H2. The third-order valence-electron chi connectivity index (χ3n) is 2.96. The fraction of sp³-hybridized carbons (Fsp3) is 0.250. The van der Waals surface area contributed by atoms with Gasteiger partial charge in [-0.05, 0) is 34.8 Å². The maximum absolute atomic E-state index is 11.9. The molecule has 0 atom stereocenters. The maximum Gasteiger partial charge on any atom is 0.231 e. The van der Waals surface area contributed by atoms with Gasteiger partial charge in [0.2, 0.25) is 5.91 Å². The highest BCUT2D eigenvalue weighted by Crippen LogP contribution is 2.34. The number of nitrogens with zero attached hydrogens (tertiary/aromatic N) is 1. The third-order valence-corrected chi connectivity index (χ3v) is 3.84. The molecule has 76 valence electrons. The van der Waals surface area contributed by atoms with Crippen LogP contribution in [0.1, 0.15) is 23.3 Å². The number of carbonyl (C=O) groups is 1. The van der Waals surface area contributed by atoms with E-state index in [1.807, 2.05) is 22.8 Å². The van der Waals surface area contributed by atoms with Crippen LogP contribution in [0.15, 0.2) is 28.7 Å². The van der Waals surface area contributed by atoms with E-state index < -0.39 is 0 Å². The van der Waals surface area contributed by atoms with Gasteiger partial charge in [-0.1, -0.05) is 18.2 Å². The van der Waals surface area contributed by atoms with Crippen molar-refractivity contribution < 1.29 is 4.79 Å². The number of carbonyl (C=O) groups excluding carboxylic acids is 1. The minimum Gasteiger partial charge on any atom is -0.283 e. The van der Waals surface area contributed by atoms with Gasteiger partial charge in [0, 0.05) is 22.0 Å². The summed E-state index contributed by atoms with van der Waals surface area (Å²) in [5, 5.41) is 1.14. The molecule has 1 aliphatic heterocycles. The van der Waals surface area contributed by atoms with Crippen molar-refractivity contribution >= 4 is 32.7 Å². The van der Waals surface area contributed by atoms with Crippen LogP contribution >= 0.6 is 15.9 Å². The van der Waals surface area contributed by atoms with Gasteiger partial charge in [-0.15, -0.1) is 0 Å². The normalized spacial score (nSPS) is 15.7. The predicted molar refractivity (Wildman–Crippen MR) is 63.2 cm³/mol. The van der Waals surface area contributed by atoms with E-state index in [0.29, 0.717) is 6.42 Å². The van der Waals surface area contributed by atoms with Crippen LogP contribution in [0.5, 0.6) is 0 Å². The van der Waals surface area contributed by atoms with Crippen molar-refractivity contribution in [1.82, 2.24) is 4.57 Å². The Bertz CT molecular complexity index is 556. The van der Waals surface area contributed by atoms with Crippen molar-refractivity contribution in [3.05, 3.63) is 34.4 Å². The zero-order valence-corrected chi connectivity index (χ0v) is 9.75. The smallest absolute Gasteiger partial charge is 0.231 e. The van der Waals surface area contributed by atoms with Crippen LogP contribution in [0.4, 0.5) is 0 Å². The lowest BCUT2D eigenvalue weighted by atomic mass is 10.1. The van der Waals surface area contributed by atoms with E-state index >= 15 is 0 Å². The number of hydrogen-bond donors (Lipinski definition) is 0. The van der Waals surface area contributed by atoms with E-state index in [-0.39, 0.29) is 5.91 Å². The molecule has 3 rings (SSSR count). The zero-order chi connectivity index (χ0) is 10.4. The van der Waals surface area contributed by atoms with Crippen LogP contribution in [0.25, 0.3) is 10.9 Å². The number of benzene rings is 1. The molecule has 0 unspecified atom stereocenters. The molecule has 2 heterocycles. The molecule has 1 aromatic carbocycles. The number of para-hydroxylation sites is 1. The van der Waals surface area contributed by atoms with Crippen LogP contribution in [-0.4, -0.2) is 10.5 Å². The number of aromatic nitrogens is 1. The van der Waals surface area contributed by atoms with Crippen LogP contribution in [0, 0.1) is 0 Å². The first-order valence-electron chi connectivity index (χ1n) is 5.10. The molecule has 0 N–H and O–H groups in total. The fourth-order valence-corrected chi connectivity index (χ4v) is 2.99. The van der Waals surface area contributed by atoms with Gasteiger partial charge in [0.05, 0.1) is 5.52 Å². The minimum atomic E-state index is 0.221. The van der Waals surface area contributed by atoms with Crippen molar-refractivity contribution in [2.24, 2.45) is 0 Å². The van der Waals surface area contributed by atoms with Gasteiger partial charge in [-0.2, -0.15) is 0 Å². The minimum absolute atomic E-state index is 0.221. The van der Waals surface area contributed by atoms with Crippen LogP contribution in [0.2, 0.25) is 0 Å². The van der Waals surface area contributed by atoms with Crippen molar-refractivity contribution in [2.45, 2.75) is 19.3 Å². The number of rotatable bonds is 0. The molecule has 1 aromatic heterocycles. The van der Waals surface area contributed by atoms with E-state index in [1.165, 1.54) is 0 Å². The molecule has 3 heteroatoms. The molecule has 0 saturated heterocycles. The van der Waals surface area contributed by atoms with Crippen molar-refractivity contribution in [1.29, 1.82) is 0 Å². The van der Waals surface area contributed by atoms with Gasteiger partial charge >= 0.3 is 0 Å². The van der Waals surface area contributed by atoms with E-state index in [0.717, 1.165) is 33.9 Å². The first kappa shape index (κ1) is 9.16. The molecule has 0 amide bonds. The number of hydrogen-bond acceptors (Lipinski definition) is 1. The Morgan fingerprint density at radius 2 is 2.00 bits per heavy atom. The molecular formula is C12H10BrNO. The summed E-state index contributed by atoms with van der Waals surface area (Å²) in [6.45, 7) is 0. The van der Waals surface area contributed by atoms with Crippen molar-refractivity contribution in [3.8, 4) is 0 Å². The molecule has 0 spiro atoms. The fourth-order valence-electron chi connectivity index (χ4n) is 2.28. The summed E-state index contributed by atoms with van der Waals surface area (Å²) in [5.41, 5.74) is 2.16. The second-order valence-corrected chi connectivity index (χ2v) is 4.65. The molecule has 1 aliphatic rings. The van der Waals surface area contributed by atoms with E-state index in [4.69, 9.17) is 0 Å². The molecule has 15 heavy (non-hydrogen) atoms. The average Bonchev–Trinajstić information content (AvgIpc) is 2.55. The van der Waals surface area contributed by atoms with Gasteiger partial charge in [-0.3, -0.25) is 9.36 Å². The molecule has 0 fully saturated rings. The summed E-state index contributed by atoms with van der Waals surface area (Å²) >= 11 is 3.59. The lowest BCUT2D eigenvalue weighted by Gasteiger charge is -2.14. The summed E-state index contributed by atoms with van der Waals surface area (Å²) in [4.78, 5) is 11.9. The van der Waals surface area contributed by atoms with Gasteiger partial charge in [0.1, 0.15) is 0 Å². The summed E-state index contributed by atoms with van der Waals surface area (Å²) in [5.74, 6) is 0.221. The summed E-state index contributed by atoms with van der Waals surface area (Å²) in [6.07, 6.45) is 2.62. The molecular weight excluding hydrogens is 254 g/mol. The Morgan fingerprint density at radius 1 is 1.20 bits per heavy atom. The Hall–Kier alpha value is -1.09. The summed E-state index contributed by atoms with van der Waals surface area (Å²) in [6, 6.07) is 8.04. The highest BCUT2D eigenvalue weighted by Gasteiger charge is 2.22. The number of fused-ring (bicyclic) bond motifs is 3. The van der Waals surface area contributed by atoms with Crippen LogP contribution < -0.4 is 0 Å². The lowest BCUT2D eigenvalue weighted by Crippen LogP contribution is -2.18. The van der Waals surface area contributed by atoms with Gasteiger partial charge in [-0.25, -0.2) is 0 Å². The Morgan fingerprint density at radius 3 is 2.87 bits per heavy atom. The van der Waals surface area contributed by atoms with Gasteiger partial charge < -0.3 is 0 Å². The highest BCUT2D eigenvalue weighted by molar-refractivity contribution is 9.10. The SMILES string of the molecule is O=C1CCCc2c(Br)c3ccccc3n21. The maximum atomic E-state index is 11.9. The largest absolute Gasteiger partial charge is 0.283 e. The van der Waals surface area contributed by atoms with E-state index in [1.54, 1.807) is 0 Å². The molecule has 0 radical (unpaired) electrons. The summed E-state index contributed by atoms with van der Waals surface area (Å²) < 4.78 is 2.95. The van der Waals surface area contributed by atoms with Crippen LogP contribution in [0.3, 0.4) is 0 Å². The molecule has 0 saturated carbocycles. The zero-order valence-electron chi connectivity index (χ0n) is 8.16. The monoisotopic (exact) mass is 263 g/mol. The molecule has 0 aliphatic carbocycles. The third kappa shape index (κ3) is 1.19. The molecule has 0 bridgehead atoms.